The van der Waals surface area contributed by atoms with E-state index in [2.05, 4.69) is 12.1 Å². The summed E-state index contributed by atoms with van der Waals surface area (Å²) in [6.45, 7) is 0. The summed E-state index contributed by atoms with van der Waals surface area (Å²) >= 11 is 0. The lowest BCUT2D eigenvalue weighted by Gasteiger charge is -2.56. The summed E-state index contributed by atoms with van der Waals surface area (Å²) in [7, 11) is 0. The molecule has 1 aromatic carbocycles. The smallest absolute Gasteiger partial charge is 0.139 e. The first-order valence-corrected chi connectivity index (χ1v) is 7.83. The van der Waals surface area contributed by atoms with Gasteiger partial charge in [-0.2, -0.15) is 10.5 Å². The summed E-state index contributed by atoms with van der Waals surface area (Å²) in [6.07, 6.45) is 7.48. The van der Waals surface area contributed by atoms with Crippen LogP contribution >= 0.6 is 0 Å². The van der Waals surface area contributed by atoms with Crippen LogP contribution in [0.15, 0.2) is 18.2 Å². The van der Waals surface area contributed by atoms with Crippen molar-refractivity contribution in [1.82, 2.24) is 0 Å². The van der Waals surface area contributed by atoms with Gasteiger partial charge in [-0.15, -0.1) is 0 Å². The minimum Gasteiger partial charge on any atom is -0.486 e. The summed E-state index contributed by atoms with van der Waals surface area (Å²) in [5, 5.41) is 18.5. The van der Waals surface area contributed by atoms with Crippen LogP contribution in [0.25, 0.3) is 0 Å². The number of rotatable bonds is 2. The minimum absolute atomic E-state index is 0.0750. The van der Waals surface area contributed by atoms with Crippen LogP contribution in [0.2, 0.25) is 0 Å². The Morgan fingerprint density at radius 3 is 2.10 bits per heavy atom. The second-order valence-corrected chi connectivity index (χ2v) is 7.10. The molecule has 106 valence electrons. The standard InChI is InChI=1S/C18H18N2O/c19-10-15-2-1-3-17(16(15)11-20)21-18-7-12-4-13(8-18)6-14(5-12)9-18/h1-3,12-14H,4-9H2. The molecule has 0 saturated heterocycles. The lowest BCUT2D eigenvalue weighted by Crippen LogP contribution is -2.53. The number of nitriles is 2. The molecule has 0 heterocycles. The molecule has 0 N–H and O–H groups in total. The third-order valence-electron chi connectivity index (χ3n) is 5.57. The second-order valence-electron chi connectivity index (χ2n) is 7.10. The highest BCUT2D eigenvalue weighted by molar-refractivity contribution is 5.54. The van der Waals surface area contributed by atoms with Gasteiger partial charge in [0, 0.05) is 0 Å². The zero-order valence-corrected chi connectivity index (χ0v) is 12.0. The van der Waals surface area contributed by atoms with Crippen molar-refractivity contribution >= 4 is 0 Å². The molecule has 0 aromatic heterocycles. The zero-order valence-electron chi connectivity index (χ0n) is 12.0. The van der Waals surface area contributed by atoms with E-state index >= 15 is 0 Å². The van der Waals surface area contributed by atoms with Crippen molar-refractivity contribution in [2.45, 2.75) is 44.1 Å². The number of ether oxygens (including phenoxy) is 1. The van der Waals surface area contributed by atoms with Crippen LogP contribution in [0.1, 0.15) is 49.7 Å². The fraction of sp³-hybridized carbons (Fsp3) is 0.556. The molecule has 4 fully saturated rings. The van der Waals surface area contributed by atoms with Crippen molar-refractivity contribution in [1.29, 1.82) is 10.5 Å². The molecule has 4 aliphatic carbocycles. The van der Waals surface area contributed by atoms with E-state index in [-0.39, 0.29) is 5.60 Å². The number of benzene rings is 1. The fourth-order valence-electron chi connectivity index (χ4n) is 5.21. The Kier molecular flexibility index (Phi) is 2.73. The molecular formula is C18H18N2O. The van der Waals surface area contributed by atoms with Crippen molar-refractivity contribution in [2.75, 3.05) is 0 Å². The third kappa shape index (κ3) is 2.00. The van der Waals surface area contributed by atoms with Gasteiger partial charge in [0.05, 0.1) is 5.56 Å². The first-order chi connectivity index (χ1) is 10.2. The van der Waals surface area contributed by atoms with E-state index in [4.69, 9.17) is 10.00 Å². The average Bonchev–Trinajstić information content (AvgIpc) is 2.45. The van der Waals surface area contributed by atoms with Crippen molar-refractivity contribution in [2.24, 2.45) is 17.8 Å². The van der Waals surface area contributed by atoms with Gasteiger partial charge in [-0.1, -0.05) is 6.07 Å². The Balaban J connectivity index is 1.68. The summed E-state index contributed by atoms with van der Waals surface area (Å²) in [4.78, 5) is 0. The van der Waals surface area contributed by atoms with Crippen LogP contribution in [0.3, 0.4) is 0 Å². The van der Waals surface area contributed by atoms with E-state index in [1.807, 2.05) is 12.1 Å². The van der Waals surface area contributed by atoms with Gasteiger partial charge >= 0.3 is 0 Å². The number of hydrogen-bond acceptors (Lipinski definition) is 3. The molecule has 4 aliphatic rings. The Morgan fingerprint density at radius 2 is 1.57 bits per heavy atom. The van der Waals surface area contributed by atoms with Crippen LogP contribution in [-0.4, -0.2) is 5.60 Å². The van der Waals surface area contributed by atoms with Gasteiger partial charge in [0.1, 0.15) is 29.1 Å². The number of nitrogens with zero attached hydrogens (tertiary/aromatic N) is 2. The van der Waals surface area contributed by atoms with Crippen molar-refractivity contribution in [3.8, 4) is 17.9 Å². The molecule has 5 rings (SSSR count). The molecule has 0 unspecified atom stereocenters. The summed E-state index contributed by atoms with van der Waals surface area (Å²) in [5.41, 5.74) is 0.740. The van der Waals surface area contributed by atoms with E-state index < -0.39 is 0 Å². The van der Waals surface area contributed by atoms with E-state index in [0.29, 0.717) is 16.9 Å². The average molecular weight is 278 g/mol. The van der Waals surface area contributed by atoms with E-state index in [0.717, 1.165) is 37.0 Å². The first-order valence-electron chi connectivity index (χ1n) is 7.83. The largest absolute Gasteiger partial charge is 0.486 e. The maximum absolute atomic E-state index is 9.36. The SMILES string of the molecule is N#Cc1cccc(OC23CC4CC(CC(C4)C2)C3)c1C#N. The van der Waals surface area contributed by atoms with Crippen molar-refractivity contribution in [3.05, 3.63) is 29.3 Å². The first kappa shape index (κ1) is 12.7. The minimum atomic E-state index is -0.0750. The Labute approximate surface area is 125 Å². The molecule has 0 radical (unpaired) electrons. The van der Waals surface area contributed by atoms with Gasteiger partial charge in [0.25, 0.3) is 0 Å². The molecule has 4 saturated carbocycles. The quantitative estimate of drug-likeness (QED) is 0.827. The van der Waals surface area contributed by atoms with Crippen LogP contribution < -0.4 is 4.74 Å². The Hall–Kier alpha value is -2.00. The van der Waals surface area contributed by atoms with E-state index in [1.54, 1.807) is 6.07 Å². The monoisotopic (exact) mass is 278 g/mol. The maximum Gasteiger partial charge on any atom is 0.139 e. The summed E-state index contributed by atoms with van der Waals surface area (Å²) < 4.78 is 6.41. The normalized spacial score (nSPS) is 36.0. The molecule has 0 spiro atoms. The molecule has 0 amide bonds. The zero-order chi connectivity index (χ0) is 14.4. The lowest BCUT2D eigenvalue weighted by atomic mass is 9.54. The van der Waals surface area contributed by atoms with Crippen LogP contribution in [-0.2, 0) is 0 Å². The molecule has 3 heteroatoms. The summed E-state index contributed by atoms with van der Waals surface area (Å²) in [6, 6.07) is 9.59. The van der Waals surface area contributed by atoms with Gasteiger partial charge in [0.15, 0.2) is 0 Å². The van der Waals surface area contributed by atoms with Gasteiger partial charge < -0.3 is 4.74 Å². The van der Waals surface area contributed by atoms with Crippen LogP contribution in [0.4, 0.5) is 0 Å². The second kappa shape index (κ2) is 4.50. The molecule has 1 aromatic rings. The highest BCUT2D eigenvalue weighted by Crippen LogP contribution is 2.57. The predicted octanol–water partition coefficient (Wildman–Crippen LogP) is 3.78. The topological polar surface area (TPSA) is 56.8 Å². The van der Waals surface area contributed by atoms with Gasteiger partial charge in [0.2, 0.25) is 0 Å². The Morgan fingerprint density at radius 1 is 0.952 bits per heavy atom. The fourth-order valence-corrected chi connectivity index (χ4v) is 5.21. The van der Waals surface area contributed by atoms with Gasteiger partial charge in [-0.25, -0.2) is 0 Å². The lowest BCUT2D eigenvalue weighted by molar-refractivity contribution is -0.107. The summed E-state index contributed by atoms with van der Waals surface area (Å²) in [5.74, 6) is 3.03. The highest BCUT2D eigenvalue weighted by Gasteiger charge is 2.52. The van der Waals surface area contributed by atoms with E-state index in [1.165, 1.54) is 19.3 Å². The molecule has 3 nitrogen and oxygen atoms in total. The number of hydrogen-bond donors (Lipinski definition) is 0. The molecule has 21 heavy (non-hydrogen) atoms. The van der Waals surface area contributed by atoms with Crippen molar-refractivity contribution < 1.29 is 4.74 Å². The van der Waals surface area contributed by atoms with Crippen LogP contribution in [0, 0.1) is 40.4 Å². The highest BCUT2D eigenvalue weighted by atomic mass is 16.5. The molecule has 0 aliphatic heterocycles. The Bertz CT molecular complexity index is 629. The maximum atomic E-state index is 9.36. The molecule has 0 atom stereocenters. The third-order valence-corrected chi connectivity index (χ3v) is 5.57. The van der Waals surface area contributed by atoms with Crippen molar-refractivity contribution in [3.63, 3.8) is 0 Å². The molecule has 4 bridgehead atoms. The van der Waals surface area contributed by atoms with Gasteiger partial charge in [-0.05, 0) is 68.4 Å². The van der Waals surface area contributed by atoms with E-state index in [9.17, 15) is 5.26 Å². The van der Waals surface area contributed by atoms with Gasteiger partial charge in [-0.3, -0.25) is 0 Å². The predicted molar refractivity (Wildman–Crippen MR) is 77.4 cm³/mol. The molecular weight excluding hydrogens is 260 g/mol. The van der Waals surface area contributed by atoms with Crippen LogP contribution in [0.5, 0.6) is 5.75 Å².